The molecule has 0 saturated heterocycles. The van der Waals surface area contributed by atoms with Gasteiger partial charge in [-0.25, -0.2) is 0 Å². The van der Waals surface area contributed by atoms with Crippen molar-refractivity contribution in [2.24, 2.45) is 0 Å². The average Bonchev–Trinajstić information content (AvgIpc) is 3.52. The van der Waals surface area contributed by atoms with Crippen LogP contribution in [-0.2, 0) is 17.9 Å². The molecule has 0 aliphatic rings. The van der Waals surface area contributed by atoms with Gasteiger partial charge in [-0.2, -0.15) is 4.98 Å². The normalized spacial score (nSPS) is 10.6. The third-order valence-electron chi connectivity index (χ3n) is 5.08. The first-order valence-corrected chi connectivity index (χ1v) is 10.2. The molecule has 4 aromatic rings. The number of nitrogens with zero attached hydrogens (tertiary/aromatic N) is 3. The smallest absolute Gasteiger partial charge is 0.274 e. The Morgan fingerprint density at radius 2 is 1.79 bits per heavy atom. The minimum absolute atomic E-state index is 0.118. The first kappa shape index (κ1) is 21.9. The van der Waals surface area contributed by atoms with Gasteiger partial charge in [0, 0.05) is 18.3 Å². The van der Waals surface area contributed by atoms with Crippen LogP contribution in [0.2, 0.25) is 0 Å². The maximum atomic E-state index is 12.5. The monoisotopic (exact) mass is 448 g/mol. The molecule has 9 nitrogen and oxygen atoms in total. The highest BCUT2D eigenvalue weighted by atomic mass is 16.5. The lowest BCUT2D eigenvalue weighted by Crippen LogP contribution is -2.27. The summed E-state index contributed by atoms with van der Waals surface area (Å²) >= 11 is 0. The molecular formula is C24H24N4O5. The summed E-state index contributed by atoms with van der Waals surface area (Å²) in [6, 6.07) is 16.6. The Morgan fingerprint density at radius 1 is 1.00 bits per heavy atom. The second-order valence-corrected chi connectivity index (χ2v) is 7.14. The number of amides is 1. The van der Waals surface area contributed by atoms with Crippen LogP contribution in [0.15, 0.2) is 65.3 Å². The van der Waals surface area contributed by atoms with Crippen LogP contribution < -0.4 is 19.5 Å². The summed E-state index contributed by atoms with van der Waals surface area (Å²) in [5.41, 5.74) is 2.35. The molecule has 2 aromatic carbocycles. The van der Waals surface area contributed by atoms with Crippen molar-refractivity contribution in [3.05, 3.63) is 66.4 Å². The Labute approximate surface area is 190 Å². The van der Waals surface area contributed by atoms with Crippen molar-refractivity contribution in [2.75, 3.05) is 21.3 Å². The standard InChI is InChI=1S/C24H24N4O5/c1-30-18-9-6-16(7-10-18)14-25-22(29)15-28-12-4-5-19(28)24-26-23(27-33-24)17-8-11-20(31-2)21(13-17)32-3/h4-13H,14-15H2,1-3H3,(H,25,29). The summed E-state index contributed by atoms with van der Waals surface area (Å²) in [5.74, 6) is 2.53. The number of benzene rings is 2. The van der Waals surface area contributed by atoms with E-state index < -0.39 is 0 Å². The van der Waals surface area contributed by atoms with Crippen molar-refractivity contribution in [2.45, 2.75) is 13.1 Å². The first-order valence-electron chi connectivity index (χ1n) is 10.2. The molecule has 0 aliphatic heterocycles. The summed E-state index contributed by atoms with van der Waals surface area (Å²) in [6.45, 7) is 0.538. The number of carbonyl (C=O) groups is 1. The van der Waals surface area contributed by atoms with E-state index in [1.54, 1.807) is 44.2 Å². The Balaban J connectivity index is 1.44. The van der Waals surface area contributed by atoms with Gasteiger partial charge < -0.3 is 28.6 Å². The third kappa shape index (κ3) is 4.98. The predicted octanol–water partition coefficient (Wildman–Crippen LogP) is 3.55. The molecule has 1 N–H and O–H groups in total. The van der Waals surface area contributed by atoms with Gasteiger partial charge in [0.1, 0.15) is 18.0 Å². The number of hydrogen-bond acceptors (Lipinski definition) is 7. The predicted molar refractivity (Wildman–Crippen MR) is 121 cm³/mol. The highest BCUT2D eigenvalue weighted by molar-refractivity contribution is 5.76. The molecule has 0 aliphatic carbocycles. The molecule has 0 bridgehead atoms. The van der Waals surface area contributed by atoms with Crippen LogP contribution in [0.1, 0.15) is 5.56 Å². The van der Waals surface area contributed by atoms with Gasteiger partial charge in [0.15, 0.2) is 11.5 Å². The van der Waals surface area contributed by atoms with Gasteiger partial charge in [-0.15, -0.1) is 0 Å². The maximum Gasteiger partial charge on any atom is 0.274 e. The van der Waals surface area contributed by atoms with E-state index in [4.69, 9.17) is 18.7 Å². The van der Waals surface area contributed by atoms with E-state index >= 15 is 0 Å². The highest BCUT2D eigenvalue weighted by Crippen LogP contribution is 2.32. The average molecular weight is 448 g/mol. The molecule has 0 unspecified atom stereocenters. The molecular weight excluding hydrogens is 424 g/mol. The first-order chi connectivity index (χ1) is 16.1. The fourth-order valence-corrected chi connectivity index (χ4v) is 3.32. The zero-order valence-electron chi connectivity index (χ0n) is 18.6. The molecule has 4 rings (SSSR count). The van der Waals surface area contributed by atoms with Gasteiger partial charge in [0.2, 0.25) is 11.7 Å². The topological polar surface area (TPSA) is 101 Å². The van der Waals surface area contributed by atoms with Crippen LogP contribution in [0, 0.1) is 0 Å². The number of nitrogens with one attached hydrogen (secondary N) is 1. The van der Waals surface area contributed by atoms with Crippen LogP contribution in [-0.4, -0.2) is 41.9 Å². The van der Waals surface area contributed by atoms with Crippen LogP contribution in [0.4, 0.5) is 0 Å². The lowest BCUT2D eigenvalue weighted by Gasteiger charge is -2.09. The summed E-state index contributed by atoms with van der Waals surface area (Å²) in [6.07, 6.45) is 1.79. The number of ether oxygens (including phenoxy) is 3. The molecule has 2 heterocycles. The Hall–Kier alpha value is -4.27. The van der Waals surface area contributed by atoms with E-state index in [1.165, 1.54) is 0 Å². The minimum atomic E-state index is -0.136. The zero-order valence-corrected chi connectivity index (χ0v) is 18.6. The Morgan fingerprint density at radius 3 is 2.52 bits per heavy atom. The molecule has 0 saturated carbocycles. The summed E-state index contributed by atoms with van der Waals surface area (Å²) in [7, 11) is 4.76. The molecule has 1 amide bonds. The van der Waals surface area contributed by atoms with Gasteiger partial charge in [-0.05, 0) is 48.0 Å². The number of aromatic nitrogens is 3. The Bertz CT molecular complexity index is 1230. The lowest BCUT2D eigenvalue weighted by molar-refractivity contribution is -0.121. The van der Waals surface area contributed by atoms with Crippen molar-refractivity contribution in [3.8, 4) is 40.2 Å². The third-order valence-corrected chi connectivity index (χ3v) is 5.08. The van der Waals surface area contributed by atoms with Crippen LogP contribution in [0.3, 0.4) is 0 Å². The fourth-order valence-electron chi connectivity index (χ4n) is 3.32. The van der Waals surface area contributed by atoms with Crippen LogP contribution in [0.5, 0.6) is 17.2 Å². The maximum absolute atomic E-state index is 12.5. The molecule has 170 valence electrons. The minimum Gasteiger partial charge on any atom is -0.497 e. The van der Waals surface area contributed by atoms with Gasteiger partial charge in [-0.3, -0.25) is 4.79 Å². The molecule has 0 spiro atoms. The van der Waals surface area contributed by atoms with Gasteiger partial charge in [0.05, 0.1) is 21.3 Å². The molecule has 0 radical (unpaired) electrons. The van der Waals surface area contributed by atoms with Crippen LogP contribution in [0.25, 0.3) is 23.0 Å². The lowest BCUT2D eigenvalue weighted by atomic mass is 10.2. The van der Waals surface area contributed by atoms with Crippen molar-refractivity contribution >= 4 is 5.91 Å². The van der Waals surface area contributed by atoms with E-state index in [1.807, 2.05) is 42.5 Å². The number of methoxy groups -OCH3 is 3. The second-order valence-electron chi connectivity index (χ2n) is 7.14. The second kappa shape index (κ2) is 9.90. The molecule has 9 heteroatoms. The number of rotatable bonds is 9. The van der Waals surface area contributed by atoms with Gasteiger partial charge >= 0.3 is 0 Å². The van der Waals surface area contributed by atoms with E-state index in [0.717, 1.165) is 16.9 Å². The van der Waals surface area contributed by atoms with Crippen molar-refractivity contribution in [1.29, 1.82) is 0 Å². The fraction of sp³-hybridized carbons (Fsp3) is 0.208. The summed E-state index contributed by atoms with van der Waals surface area (Å²) in [5, 5.41) is 6.99. The number of carbonyl (C=O) groups excluding carboxylic acids is 1. The molecule has 2 aromatic heterocycles. The van der Waals surface area contributed by atoms with E-state index in [2.05, 4.69) is 15.5 Å². The van der Waals surface area contributed by atoms with E-state index in [9.17, 15) is 4.79 Å². The molecule has 33 heavy (non-hydrogen) atoms. The largest absolute Gasteiger partial charge is 0.497 e. The van der Waals surface area contributed by atoms with Gasteiger partial charge in [-0.1, -0.05) is 17.3 Å². The highest BCUT2D eigenvalue weighted by Gasteiger charge is 2.17. The summed E-state index contributed by atoms with van der Waals surface area (Å²) in [4.78, 5) is 17.0. The molecule has 0 atom stereocenters. The zero-order chi connectivity index (χ0) is 23.2. The SMILES string of the molecule is COc1ccc(CNC(=O)Cn2cccc2-c2nc(-c3ccc(OC)c(OC)c3)no2)cc1. The van der Waals surface area contributed by atoms with Crippen molar-refractivity contribution in [3.63, 3.8) is 0 Å². The van der Waals surface area contributed by atoms with E-state index in [-0.39, 0.29) is 12.5 Å². The van der Waals surface area contributed by atoms with Gasteiger partial charge in [0.25, 0.3) is 5.89 Å². The quantitative estimate of drug-likeness (QED) is 0.418. The Kier molecular flexibility index (Phi) is 6.58. The van der Waals surface area contributed by atoms with Crippen molar-refractivity contribution in [1.82, 2.24) is 20.0 Å². The molecule has 0 fully saturated rings. The summed E-state index contributed by atoms with van der Waals surface area (Å²) < 4.78 is 23.0. The van der Waals surface area contributed by atoms with E-state index in [0.29, 0.717) is 35.5 Å². The van der Waals surface area contributed by atoms with Crippen LogP contribution >= 0.6 is 0 Å². The van der Waals surface area contributed by atoms with Crippen molar-refractivity contribution < 1.29 is 23.5 Å². The number of hydrogen-bond donors (Lipinski definition) is 1.